The Kier molecular flexibility index (Phi) is 10.9. The maximum absolute atomic E-state index is 4.35. The van der Waals surface area contributed by atoms with Gasteiger partial charge in [-0.05, 0) is 36.6 Å². The van der Waals surface area contributed by atoms with Gasteiger partial charge in [0.15, 0.2) is 5.96 Å². The molecule has 1 aromatic heterocycles. The molecule has 0 unspecified atom stereocenters. The molecule has 166 valence electrons. The highest BCUT2D eigenvalue weighted by atomic mass is 127. The van der Waals surface area contributed by atoms with Gasteiger partial charge in [-0.3, -0.25) is 4.99 Å². The lowest BCUT2D eigenvalue weighted by Crippen LogP contribution is -2.38. The zero-order valence-electron chi connectivity index (χ0n) is 18.4. The fourth-order valence-electron chi connectivity index (χ4n) is 3.42. The number of hydrogen-bond donors (Lipinski definition) is 2. The zero-order valence-corrected chi connectivity index (χ0v) is 20.7. The van der Waals surface area contributed by atoms with Crippen LogP contribution in [0.2, 0.25) is 0 Å². The van der Waals surface area contributed by atoms with E-state index in [1.807, 2.05) is 19.6 Å². The van der Waals surface area contributed by atoms with Crippen LogP contribution in [0.3, 0.4) is 0 Å². The minimum Gasteiger partial charge on any atom is -0.372 e. The summed E-state index contributed by atoms with van der Waals surface area (Å²) >= 11 is 0. The minimum atomic E-state index is 0. The summed E-state index contributed by atoms with van der Waals surface area (Å²) < 4.78 is 2.07. The Balaban J connectivity index is 0.00000341. The number of anilines is 1. The van der Waals surface area contributed by atoms with E-state index in [1.54, 1.807) is 6.20 Å². The van der Waals surface area contributed by atoms with E-state index in [9.17, 15) is 0 Å². The number of imidazole rings is 1. The number of para-hydroxylation sites is 1. The topological polar surface area (TPSA) is 57.5 Å². The van der Waals surface area contributed by atoms with Crippen molar-refractivity contribution in [2.45, 2.75) is 26.4 Å². The monoisotopic (exact) mass is 532 g/mol. The average Bonchev–Trinajstić information content (AvgIpc) is 3.30. The summed E-state index contributed by atoms with van der Waals surface area (Å²) in [6, 6.07) is 19.2. The molecular weight excluding hydrogens is 499 g/mol. The van der Waals surface area contributed by atoms with Crippen LogP contribution < -0.4 is 15.5 Å². The molecule has 0 aliphatic heterocycles. The molecule has 0 spiro atoms. The van der Waals surface area contributed by atoms with Crippen LogP contribution in [0, 0.1) is 0 Å². The van der Waals surface area contributed by atoms with Crippen LogP contribution in [-0.2, 0) is 13.1 Å². The number of rotatable bonds is 10. The third kappa shape index (κ3) is 8.24. The molecule has 0 radical (unpaired) electrons. The first kappa shape index (κ1) is 24.7. The number of nitrogens with one attached hydrogen (secondary N) is 2. The Labute approximate surface area is 202 Å². The number of nitrogens with zero attached hydrogens (tertiary/aromatic N) is 4. The van der Waals surface area contributed by atoms with Crippen molar-refractivity contribution in [3.63, 3.8) is 0 Å². The van der Waals surface area contributed by atoms with Crippen LogP contribution in [0.15, 0.2) is 78.3 Å². The SMILES string of the molecule is CCN(CCCNC(=NC)NCc1cccc(Cn2ccnc2)c1)c1ccccc1.I. The van der Waals surface area contributed by atoms with Crippen molar-refractivity contribution in [2.75, 3.05) is 31.6 Å². The second-order valence-electron chi connectivity index (χ2n) is 7.18. The summed E-state index contributed by atoms with van der Waals surface area (Å²) in [6.45, 7) is 6.66. The molecule has 3 aromatic rings. The summed E-state index contributed by atoms with van der Waals surface area (Å²) in [6.07, 6.45) is 6.67. The maximum Gasteiger partial charge on any atom is 0.191 e. The third-order valence-corrected chi connectivity index (χ3v) is 5.00. The van der Waals surface area contributed by atoms with Gasteiger partial charge in [0.2, 0.25) is 0 Å². The van der Waals surface area contributed by atoms with Gasteiger partial charge in [-0.1, -0.05) is 42.5 Å². The van der Waals surface area contributed by atoms with E-state index >= 15 is 0 Å². The van der Waals surface area contributed by atoms with Crippen LogP contribution >= 0.6 is 24.0 Å². The quantitative estimate of drug-likeness (QED) is 0.179. The first-order valence-corrected chi connectivity index (χ1v) is 10.6. The van der Waals surface area contributed by atoms with Gasteiger partial charge in [0.05, 0.1) is 6.33 Å². The highest BCUT2D eigenvalue weighted by molar-refractivity contribution is 14.0. The van der Waals surface area contributed by atoms with Crippen LogP contribution in [0.1, 0.15) is 24.5 Å². The minimum absolute atomic E-state index is 0. The normalized spacial score (nSPS) is 11.0. The molecule has 7 heteroatoms. The molecule has 0 saturated heterocycles. The zero-order chi connectivity index (χ0) is 21.0. The van der Waals surface area contributed by atoms with Crippen molar-refractivity contribution in [3.05, 3.63) is 84.4 Å². The molecule has 0 fully saturated rings. The number of hydrogen-bond acceptors (Lipinski definition) is 3. The van der Waals surface area contributed by atoms with E-state index < -0.39 is 0 Å². The van der Waals surface area contributed by atoms with Crippen molar-refractivity contribution < 1.29 is 0 Å². The first-order chi connectivity index (χ1) is 14.8. The number of benzene rings is 2. The van der Waals surface area contributed by atoms with Crippen LogP contribution in [-0.4, -0.2) is 42.2 Å². The van der Waals surface area contributed by atoms with Crippen molar-refractivity contribution in [2.24, 2.45) is 4.99 Å². The van der Waals surface area contributed by atoms with E-state index in [4.69, 9.17) is 0 Å². The molecule has 3 rings (SSSR count). The Morgan fingerprint density at radius 2 is 1.87 bits per heavy atom. The summed E-state index contributed by atoms with van der Waals surface area (Å²) in [5.41, 5.74) is 3.77. The first-order valence-electron chi connectivity index (χ1n) is 10.6. The van der Waals surface area contributed by atoms with Gasteiger partial charge in [0, 0.05) is 57.9 Å². The fraction of sp³-hybridized carbons (Fsp3) is 0.333. The molecule has 6 nitrogen and oxygen atoms in total. The molecule has 0 amide bonds. The van der Waals surface area contributed by atoms with Crippen LogP contribution in [0.5, 0.6) is 0 Å². The van der Waals surface area contributed by atoms with Crippen LogP contribution in [0.25, 0.3) is 0 Å². The Morgan fingerprint density at radius 3 is 2.58 bits per heavy atom. The van der Waals surface area contributed by atoms with Gasteiger partial charge >= 0.3 is 0 Å². The van der Waals surface area contributed by atoms with Crippen molar-refractivity contribution in [3.8, 4) is 0 Å². The number of aliphatic imine (C=N–C) groups is 1. The lowest BCUT2D eigenvalue weighted by molar-refractivity contribution is 0.708. The second kappa shape index (κ2) is 13.7. The molecule has 0 aliphatic carbocycles. The lowest BCUT2D eigenvalue weighted by atomic mass is 10.1. The summed E-state index contributed by atoms with van der Waals surface area (Å²) in [7, 11) is 1.81. The number of guanidine groups is 1. The third-order valence-electron chi connectivity index (χ3n) is 5.00. The number of halogens is 1. The van der Waals surface area contributed by atoms with Gasteiger partial charge in [-0.2, -0.15) is 0 Å². The summed E-state index contributed by atoms with van der Waals surface area (Å²) in [5.74, 6) is 0.831. The standard InChI is InChI=1S/C24H32N6.HI/c1-3-30(23-11-5-4-6-12-23)15-8-13-27-24(25-2)28-18-21-9-7-10-22(17-21)19-29-16-14-26-20-29;/h4-7,9-12,14,16-17,20H,3,8,13,15,18-19H2,1-2H3,(H2,25,27,28);1H. The van der Waals surface area contributed by atoms with Crippen LogP contribution in [0.4, 0.5) is 5.69 Å². The fourth-order valence-corrected chi connectivity index (χ4v) is 3.42. The predicted molar refractivity (Wildman–Crippen MR) is 140 cm³/mol. The van der Waals surface area contributed by atoms with Gasteiger partial charge in [-0.25, -0.2) is 4.98 Å². The molecule has 0 aliphatic rings. The van der Waals surface area contributed by atoms with E-state index in [1.165, 1.54) is 16.8 Å². The Morgan fingerprint density at radius 1 is 1.06 bits per heavy atom. The van der Waals surface area contributed by atoms with E-state index in [0.717, 1.165) is 45.1 Å². The van der Waals surface area contributed by atoms with Crippen molar-refractivity contribution in [1.29, 1.82) is 0 Å². The van der Waals surface area contributed by atoms with E-state index in [2.05, 4.69) is 91.6 Å². The molecule has 1 heterocycles. The summed E-state index contributed by atoms with van der Waals surface area (Å²) in [4.78, 5) is 10.8. The van der Waals surface area contributed by atoms with Gasteiger partial charge < -0.3 is 20.1 Å². The Bertz CT molecular complexity index is 895. The summed E-state index contributed by atoms with van der Waals surface area (Å²) in [5, 5.41) is 6.83. The molecular formula is C24H33IN6. The maximum atomic E-state index is 4.35. The number of aromatic nitrogens is 2. The lowest BCUT2D eigenvalue weighted by Gasteiger charge is -2.23. The molecule has 2 aromatic carbocycles. The Hall–Kier alpha value is -2.55. The average molecular weight is 532 g/mol. The molecule has 0 atom stereocenters. The highest BCUT2D eigenvalue weighted by Crippen LogP contribution is 2.12. The molecule has 31 heavy (non-hydrogen) atoms. The second-order valence-corrected chi connectivity index (χ2v) is 7.18. The smallest absolute Gasteiger partial charge is 0.191 e. The highest BCUT2D eigenvalue weighted by Gasteiger charge is 2.04. The van der Waals surface area contributed by atoms with Gasteiger partial charge in [-0.15, -0.1) is 24.0 Å². The molecule has 0 bridgehead atoms. The van der Waals surface area contributed by atoms with E-state index in [0.29, 0.717) is 0 Å². The van der Waals surface area contributed by atoms with Gasteiger partial charge in [0.25, 0.3) is 0 Å². The molecule has 0 saturated carbocycles. The van der Waals surface area contributed by atoms with Crippen molar-refractivity contribution >= 4 is 35.6 Å². The van der Waals surface area contributed by atoms with Gasteiger partial charge in [0.1, 0.15) is 0 Å². The van der Waals surface area contributed by atoms with E-state index in [-0.39, 0.29) is 24.0 Å². The molecule has 2 N–H and O–H groups in total. The largest absolute Gasteiger partial charge is 0.372 e. The predicted octanol–water partition coefficient (Wildman–Crippen LogP) is 4.13. The van der Waals surface area contributed by atoms with Crippen molar-refractivity contribution in [1.82, 2.24) is 20.2 Å².